The van der Waals surface area contributed by atoms with Gasteiger partial charge >= 0.3 is 0 Å². The van der Waals surface area contributed by atoms with Crippen molar-refractivity contribution in [2.24, 2.45) is 11.7 Å². The number of amides is 2. The van der Waals surface area contributed by atoms with E-state index in [1.165, 1.54) is 5.56 Å². The van der Waals surface area contributed by atoms with Gasteiger partial charge in [-0.15, -0.1) is 12.4 Å². The maximum atomic E-state index is 12.4. The maximum Gasteiger partial charge on any atom is 0.241 e. The zero-order valence-corrected chi connectivity index (χ0v) is 17.4. The largest absolute Gasteiger partial charge is 0.346 e. The highest BCUT2D eigenvalue weighted by Crippen LogP contribution is 2.21. The molecule has 1 heterocycles. The smallest absolute Gasteiger partial charge is 0.241 e. The van der Waals surface area contributed by atoms with Crippen LogP contribution in [0.15, 0.2) is 60.7 Å². The number of halogens is 1. The number of benzene rings is 2. The Morgan fingerprint density at radius 3 is 2.10 bits per heavy atom. The Hall–Kier alpha value is -2.37. The van der Waals surface area contributed by atoms with Crippen molar-refractivity contribution in [2.75, 3.05) is 19.6 Å². The van der Waals surface area contributed by atoms with E-state index in [-0.39, 0.29) is 30.8 Å². The molecular formula is C23H30ClN3O2. The van der Waals surface area contributed by atoms with Gasteiger partial charge in [-0.25, -0.2) is 0 Å². The number of carbonyl (C=O) groups is 2. The van der Waals surface area contributed by atoms with Crippen LogP contribution in [0.1, 0.15) is 24.0 Å². The number of hydrogen-bond donors (Lipinski definition) is 2. The van der Waals surface area contributed by atoms with Gasteiger partial charge in [0.1, 0.15) is 0 Å². The van der Waals surface area contributed by atoms with Gasteiger partial charge in [-0.2, -0.15) is 0 Å². The summed E-state index contributed by atoms with van der Waals surface area (Å²) in [6.07, 6.45) is 3.53. The summed E-state index contributed by atoms with van der Waals surface area (Å²) < 4.78 is 0. The van der Waals surface area contributed by atoms with Crippen molar-refractivity contribution in [2.45, 2.75) is 31.7 Å². The number of nitrogens with zero attached hydrogens (tertiary/aromatic N) is 1. The SMILES string of the molecule is Cl.N[C@@H](Cc1ccccc1)C(=O)NCC(=O)N1CCC(Cc2ccccc2)CC1. The van der Waals surface area contributed by atoms with Crippen LogP contribution in [0, 0.1) is 5.92 Å². The van der Waals surface area contributed by atoms with Gasteiger partial charge in [0.15, 0.2) is 0 Å². The molecule has 0 radical (unpaired) electrons. The molecule has 3 N–H and O–H groups in total. The van der Waals surface area contributed by atoms with E-state index in [1.807, 2.05) is 41.3 Å². The third-order valence-electron chi connectivity index (χ3n) is 5.38. The van der Waals surface area contributed by atoms with Gasteiger partial charge in [0, 0.05) is 13.1 Å². The Labute approximate surface area is 179 Å². The molecule has 156 valence electrons. The number of piperidine rings is 1. The molecule has 0 bridgehead atoms. The fraction of sp³-hybridized carbons (Fsp3) is 0.391. The molecule has 29 heavy (non-hydrogen) atoms. The van der Waals surface area contributed by atoms with Crippen LogP contribution in [0.5, 0.6) is 0 Å². The van der Waals surface area contributed by atoms with Gasteiger partial charge in [0.05, 0.1) is 12.6 Å². The molecule has 1 aliphatic heterocycles. The van der Waals surface area contributed by atoms with Crippen LogP contribution in [0.2, 0.25) is 0 Å². The normalized spacial score (nSPS) is 15.3. The van der Waals surface area contributed by atoms with E-state index < -0.39 is 6.04 Å². The number of carbonyl (C=O) groups excluding carboxylic acids is 2. The number of hydrogen-bond acceptors (Lipinski definition) is 3. The van der Waals surface area contributed by atoms with Gasteiger partial charge in [-0.05, 0) is 42.7 Å². The van der Waals surface area contributed by atoms with Crippen molar-refractivity contribution in [1.82, 2.24) is 10.2 Å². The summed E-state index contributed by atoms with van der Waals surface area (Å²) in [5.74, 6) is 0.301. The van der Waals surface area contributed by atoms with Crippen LogP contribution < -0.4 is 11.1 Å². The van der Waals surface area contributed by atoms with Crippen molar-refractivity contribution in [3.8, 4) is 0 Å². The van der Waals surface area contributed by atoms with Crippen LogP contribution in [-0.4, -0.2) is 42.4 Å². The second-order valence-electron chi connectivity index (χ2n) is 7.53. The third kappa shape index (κ3) is 7.18. The third-order valence-corrected chi connectivity index (χ3v) is 5.38. The van der Waals surface area contributed by atoms with Gasteiger partial charge in [-0.1, -0.05) is 60.7 Å². The first-order valence-corrected chi connectivity index (χ1v) is 10.0. The predicted molar refractivity (Wildman–Crippen MR) is 118 cm³/mol. The zero-order valence-electron chi connectivity index (χ0n) is 16.6. The van der Waals surface area contributed by atoms with Crippen molar-refractivity contribution in [3.63, 3.8) is 0 Å². The molecule has 3 rings (SSSR count). The highest BCUT2D eigenvalue weighted by Gasteiger charge is 2.23. The predicted octanol–water partition coefficient (Wildman–Crippen LogP) is 2.58. The molecule has 1 fully saturated rings. The molecule has 0 spiro atoms. The molecule has 2 aromatic carbocycles. The van der Waals surface area contributed by atoms with E-state index in [0.29, 0.717) is 12.3 Å². The second kappa shape index (κ2) is 11.6. The first-order valence-electron chi connectivity index (χ1n) is 10.0. The van der Waals surface area contributed by atoms with Gasteiger partial charge in [-0.3, -0.25) is 9.59 Å². The Morgan fingerprint density at radius 2 is 1.52 bits per heavy atom. The zero-order chi connectivity index (χ0) is 19.8. The summed E-state index contributed by atoms with van der Waals surface area (Å²) in [6, 6.07) is 19.5. The Kier molecular flexibility index (Phi) is 9.16. The van der Waals surface area contributed by atoms with Crippen LogP contribution in [0.25, 0.3) is 0 Å². The summed E-state index contributed by atoms with van der Waals surface area (Å²) in [5, 5.41) is 2.70. The maximum absolute atomic E-state index is 12.4. The lowest BCUT2D eigenvalue weighted by molar-refractivity contribution is -0.134. The first-order chi connectivity index (χ1) is 13.6. The first kappa shape index (κ1) is 22.9. The number of rotatable bonds is 7. The number of nitrogens with two attached hydrogens (primary N) is 1. The highest BCUT2D eigenvalue weighted by molar-refractivity contribution is 5.87. The standard InChI is InChI=1S/C23H29N3O2.ClH/c24-21(16-19-9-5-2-6-10-19)23(28)25-17-22(27)26-13-11-20(12-14-26)15-18-7-3-1-4-8-18;/h1-10,20-21H,11-17,24H2,(H,25,28);1H/t21-;/m0./s1. The Balaban J connectivity index is 0.00000300. The lowest BCUT2D eigenvalue weighted by Gasteiger charge is -2.32. The van der Waals surface area contributed by atoms with Crippen LogP contribution >= 0.6 is 12.4 Å². The fourth-order valence-corrected chi connectivity index (χ4v) is 3.70. The van der Waals surface area contributed by atoms with Crippen LogP contribution in [0.4, 0.5) is 0 Å². The lowest BCUT2D eigenvalue weighted by Crippen LogP contribution is -2.48. The average molecular weight is 416 g/mol. The van der Waals surface area contributed by atoms with Gasteiger partial charge in [0.2, 0.25) is 11.8 Å². The van der Waals surface area contributed by atoms with E-state index in [0.717, 1.165) is 37.9 Å². The van der Waals surface area contributed by atoms with E-state index >= 15 is 0 Å². The van der Waals surface area contributed by atoms with Gasteiger partial charge < -0.3 is 16.0 Å². The molecule has 0 saturated carbocycles. The Bertz CT molecular complexity index is 762. The Morgan fingerprint density at radius 1 is 0.966 bits per heavy atom. The highest BCUT2D eigenvalue weighted by atomic mass is 35.5. The van der Waals surface area contributed by atoms with Crippen molar-refractivity contribution in [1.29, 1.82) is 0 Å². The lowest BCUT2D eigenvalue weighted by atomic mass is 9.90. The molecule has 6 heteroatoms. The average Bonchev–Trinajstić information content (AvgIpc) is 2.73. The molecular weight excluding hydrogens is 386 g/mol. The summed E-state index contributed by atoms with van der Waals surface area (Å²) in [6.45, 7) is 1.52. The summed E-state index contributed by atoms with van der Waals surface area (Å²) in [4.78, 5) is 26.5. The van der Waals surface area contributed by atoms with Crippen molar-refractivity contribution in [3.05, 3.63) is 71.8 Å². The quantitative estimate of drug-likeness (QED) is 0.729. The number of likely N-dealkylation sites (tertiary alicyclic amines) is 1. The van der Waals surface area contributed by atoms with Gasteiger partial charge in [0.25, 0.3) is 0 Å². The minimum atomic E-state index is -0.646. The topological polar surface area (TPSA) is 75.4 Å². The van der Waals surface area contributed by atoms with E-state index in [9.17, 15) is 9.59 Å². The molecule has 2 aromatic rings. The van der Waals surface area contributed by atoms with Crippen molar-refractivity contribution >= 4 is 24.2 Å². The molecule has 5 nitrogen and oxygen atoms in total. The summed E-state index contributed by atoms with van der Waals surface area (Å²) >= 11 is 0. The van der Waals surface area contributed by atoms with Crippen molar-refractivity contribution < 1.29 is 9.59 Å². The molecule has 2 amide bonds. The van der Waals surface area contributed by atoms with E-state index in [2.05, 4.69) is 29.6 Å². The monoisotopic (exact) mass is 415 g/mol. The van der Waals surface area contributed by atoms with E-state index in [4.69, 9.17) is 5.73 Å². The second-order valence-corrected chi connectivity index (χ2v) is 7.53. The summed E-state index contributed by atoms with van der Waals surface area (Å²) in [7, 11) is 0. The molecule has 1 saturated heterocycles. The minimum absolute atomic E-state index is 0. The molecule has 0 aliphatic carbocycles. The summed E-state index contributed by atoms with van der Waals surface area (Å²) in [5.41, 5.74) is 8.33. The minimum Gasteiger partial charge on any atom is -0.346 e. The molecule has 0 aromatic heterocycles. The molecule has 1 atom stereocenters. The van der Waals surface area contributed by atoms with Crippen LogP contribution in [0.3, 0.4) is 0 Å². The van der Waals surface area contributed by atoms with E-state index in [1.54, 1.807) is 0 Å². The van der Waals surface area contributed by atoms with Crippen LogP contribution in [-0.2, 0) is 22.4 Å². The molecule has 1 aliphatic rings. The fourth-order valence-electron chi connectivity index (χ4n) is 3.70. The molecule has 0 unspecified atom stereocenters. The number of nitrogens with one attached hydrogen (secondary N) is 1.